The first-order valence-corrected chi connectivity index (χ1v) is 8.59. The largest absolute Gasteiger partial charge is 0.322 e. The quantitative estimate of drug-likeness (QED) is 0.621. The summed E-state index contributed by atoms with van der Waals surface area (Å²) >= 11 is 15.2. The second-order valence-electron chi connectivity index (χ2n) is 5.17. The van der Waals surface area contributed by atoms with Crippen LogP contribution in [0.15, 0.2) is 59.3 Å². The summed E-state index contributed by atoms with van der Waals surface area (Å²) in [5, 5.41) is 7.93. The van der Waals surface area contributed by atoms with E-state index in [2.05, 4.69) is 26.3 Å². The first-order valence-electron chi connectivity index (χ1n) is 7.04. The lowest BCUT2D eigenvalue weighted by atomic mass is 10.1. The Balaban J connectivity index is 1.69. The summed E-state index contributed by atoms with van der Waals surface area (Å²) in [5.74, 6) is -0.221. The van der Waals surface area contributed by atoms with Crippen molar-refractivity contribution in [2.24, 2.45) is 0 Å². The molecule has 1 N–H and O–H groups in total. The second-order valence-corrected chi connectivity index (χ2v) is 6.95. The molecule has 0 saturated carbocycles. The van der Waals surface area contributed by atoms with Crippen molar-refractivity contribution < 1.29 is 4.79 Å². The van der Waals surface area contributed by atoms with Crippen LogP contribution in [0.1, 0.15) is 15.9 Å². The Labute approximate surface area is 157 Å². The Kier molecular flexibility index (Phi) is 5.23. The zero-order valence-electron chi connectivity index (χ0n) is 12.3. The molecule has 7 heteroatoms. The van der Waals surface area contributed by atoms with Crippen molar-refractivity contribution in [2.75, 3.05) is 5.32 Å². The number of anilines is 1. The lowest BCUT2D eigenvalue weighted by Crippen LogP contribution is -2.12. The molecule has 0 bridgehead atoms. The van der Waals surface area contributed by atoms with E-state index < -0.39 is 0 Å². The van der Waals surface area contributed by atoms with Crippen LogP contribution in [-0.4, -0.2) is 15.7 Å². The number of nitrogens with one attached hydrogen (secondary N) is 1. The highest BCUT2D eigenvalue weighted by molar-refractivity contribution is 9.10. The standard InChI is InChI=1S/C17H12BrCl2N3O/c18-13-8-21-23(10-13)9-11-1-3-12(4-2-11)17(24)22-16-6-14(19)5-15(20)7-16/h1-8,10H,9H2,(H,22,24). The number of hydrogen-bond acceptors (Lipinski definition) is 2. The van der Waals surface area contributed by atoms with E-state index in [0.717, 1.165) is 10.0 Å². The van der Waals surface area contributed by atoms with Gasteiger partial charge < -0.3 is 5.32 Å². The third kappa shape index (κ3) is 4.38. The SMILES string of the molecule is O=C(Nc1cc(Cl)cc(Cl)c1)c1ccc(Cn2cc(Br)cn2)cc1. The van der Waals surface area contributed by atoms with Gasteiger partial charge in [-0.3, -0.25) is 9.48 Å². The molecule has 4 nitrogen and oxygen atoms in total. The van der Waals surface area contributed by atoms with Crippen LogP contribution in [0.25, 0.3) is 0 Å². The van der Waals surface area contributed by atoms with Crippen molar-refractivity contribution in [3.8, 4) is 0 Å². The van der Waals surface area contributed by atoms with E-state index in [-0.39, 0.29) is 5.91 Å². The minimum Gasteiger partial charge on any atom is -0.322 e. The van der Waals surface area contributed by atoms with Crippen molar-refractivity contribution in [1.29, 1.82) is 0 Å². The van der Waals surface area contributed by atoms with Crippen molar-refractivity contribution in [3.05, 3.63) is 80.5 Å². The molecule has 0 fully saturated rings. The number of carbonyl (C=O) groups is 1. The first kappa shape index (κ1) is 17.0. The lowest BCUT2D eigenvalue weighted by Gasteiger charge is -2.07. The van der Waals surface area contributed by atoms with E-state index in [1.807, 2.05) is 23.0 Å². The average Bonchev–Trinajstić information content (AvgIpc) is 2.92. The van der Waals surface area contributed by atoms with Crippen molar-refractivity contribution >= 4 is 50.7 Å². The molecule has 0 unspecified atom stereocenters. The van der Waals surface area contributed by atoms with Gasteiger partial charge in [0.25, 0.3) is 5.91 Å². The fourth-order valence-electron chi connectivity index (χ4n) is 2.20. The smallest absolute Gasteiger partial charge is 0.255 e. The van der Waals surface area contributed by atoms with Gasteiger partial charge in [-0.25, -0.2) is 0 Å². The van der Waals surface area contributed by atoms with Gasteiger partial charge in [-0.1, -0.05) is 35.3 Å². The minimum atomic E-state index is -0.221. The highest BCUT2D eigenvalue weighted by atomic mass is 79.9. The number of carbonyl (C=O) groups excluding carboxylic acids is 1. The van der Waals surface area contributed by atoms with Crippen LogP contribution in [0.4, 0.5) is 5.69 Å². The van der Waals surface area contributed by atoms with Gasteiger partial charge in [0.05, 0.1) is 17.2 Å². The summed E-state index contributed by atoms with van der Waals surface area (Å²) in [6.45, 7) is 0.636. The Morgan fingerprint density at radius 1 is 1.12 bits per heavy atom. The number of halogens is 3. The molecule has 0 atom stereocenters. The van der Waals surface area contributed by atoms with Crippen molar-refractivity contribution in [2.45, 2.75) is 6.54 Å². The fraction of sp³-hybridized carbons (Fsp3) is 0.0588. The molecule has 0 saturated heterocycles. The second kappa shape index (κ2) is 7.38. The van der Waals surface area contributed by atoms with E-state index in [9.17, 15) is 4.79 Å². The Bertz CT molecular complexity index is 858. The number of nitrogens with zero attached hydrogens (tertiary/aromatic N) is 2. The summed E-state index contributed by atoms with van der Waals surface area (Å²) in [5.41, 5.74) is 2.16. The number of rotatable bonds is 4. The molecule has 3 rings (SSSR count). The van der Waals surface area contributed by atoms with Crippen molar-refractivity contribution in [3.63, 3.8) is 0 Å². The van der Waals surface area contributed by atoms with E-state index in [1.165, 1.54) is 0 Å². The fourth-order valence-corrected chi connectivity index (χ4v) is 3.06. The maximum Gasteiger partial charge on any atom is 0.255 e. The first-order chi connectivity index (χ1) is 11.5. The summed E-state index contributed by atoms with van der Waals surface area (Å²) in [4.78, 5) is 12.3. The van der Waals surface area contributed by atoms with Gasteiger partial charge in [0.2, 0.25) is 0 Å². The Morgan fingerprint density at radius 3 is 2.38 bits per heavy atom. The molecule has 1 heterocycles. The molecule has 0 aliphatic heterocycles. The molecule has 0 radical (unpaired) electrons. The number of hydrogen-bond donors (Lipinski definition) is 1. The molecule has 3 aromatic rings. The zero-order chi connectivity index (χ0) is 17.1. The van der Waals surface area contributed by atoms with Gasteiger partial charge in [0, 0.05) is 27.5 Å². The Hall–Kier alpha value is -1.82. The molecule has 24 heavy (non-hydrogen) atoms. The van der Waals surface area contributed by atoms with E-state index >= 15 is 0 Å². The lowest BCUT2D eigenvalue weighted by molar-refractivity contribution is 0.102. The minimum absolute atomic E-state index is 0.221. The predicted molar refractivity (Wildman–Crippen MR) is 99.9 cm³/mol. The molecule has 0 aliphatic rings. The van der Waals surface area contributed by atoms with Crippen molar-refractivity contribution in [1.82, 2.24) is 9.78 Å². The molecule has 122 valence electrons. The number of benzene rings is 2. The molecule has 0 aliphatic carbocycles. The molecular weight excluding hydrogens is 413 g/mol. The summed E-state index contributed by atoms with van der Waals surface area (Å²) in [6, 6.07) is 12.3. The van der Waals surface area contributed by atoms with Gasteiger partial charge in [-0.15, -0.1) is 0 Å². The third-order valence-electron chi connectivity index (χ3n) is 3.28. The van der Waals surface area contributed by atoms with Crippen LogP contribution < -0.4 is 5.32 Å². The van der Waals surface area contributed by atoms with Gasteiger partial charge in [0.15, 0.2) is 0 Å². The predicted octanol–water partition coefficient (Wildman–Crippen LogP) is 5.25. The highest BCUT2D eigenvalue weighted by Gasteiger charge is 2.08. The molecular formula is C17H12BrCl2N3O. The van der Waals surface area contributed by atoms with Crippen LogP contribution >= 0.6 is 39.1 Å². The highest BCUT2D eigenvalue weighted by Crippen LogP contribution is 2.23. The van der Waals surface area contributed by atoms with Gasteiger partial charge in [0.1, 0.15) is 0 Å². The monoisotopic (exact) mass is 423 g/mol. The normalized spacial score (nSPS) is 10.6. The summed E-state index contributed by atoms with van der Waals surface area (Å²) < 4.78 is 2.74. The van der Waals surface area contributed by atoms with Crippen LogP contribution in [0.3, 0.4) is 0 Å². The summed E-state index contributed by atoms with van der Waals surface area (Å²) in [7, 11) is 0. The molecule has 1 aromatic heterocycles. The van der Waals surface area contributed by atoms with Crippen LogP contribution in [0.5, 0.6) is 0 Å². The van der Waals surface area contributed by atoms with E-state index in [1.54, 1.807) is 36.5 Å². The topological polar surface area (TPSA) is 46.9 Å². The van der Waals surface area contributed by atoms with E-state index in [0.29, 0.717) is 27.8 Å². The number of amides is 1. The zero-order valence-corrected chi connectivity index (χ0v) is 15.4. The maximum atomic E-state index is 12.3. The maximum absolute atomic E-state index is 12.3. The molecule has 1 amide bonds. The Morgan fingerprint density at radius 2 is 1.79 bits per heavy atom. The average molecular weight is 425 g/mol. The molecule has 0 spiro atoms. The third-order valence-corrected chi connectivity index (χ3v) is 4.13. The summed E-state index contributed by atoms with van der Waals surface area (Å²) in [6.07, 6.45) is 3.63. The van der Waals surface area contributed by atoms with Crippen LogP contribution in [0, 0.1) is 0 Å². The van der Waals surface area contributed by atoms with Gasteiger partial charge >= 0.3 is 0 Å². The molecule has 2 aromatic carbocycles. The van der Waals surface area contributed by atoms with E-state index in [4.69, 9.17) is 23.2 Å². The van der Waals surface area contributed by atoms with Crippen LogP contribution in [-0.2, 0) is 6.54 Å². The van der Waals surface area contributed by atoms with Gasteiger partial charge in [-0.05, 0) is 51.8 Å². The number of aromatic nitrogens is 2. The van der Waals surface area contributed by atoms with Gasteiger partial charge in [-0.2, -0.15) is 5.10 Å². The van der Waals surface area contributed by atoms with Crippen LogP contribution in [0.2, 0.25) is 10.0 Å².